The second-order valence-corrected chi connectivity index (χ2v) is 17.0. The summed E-state index contributed by atoms with van der Waals surface area (Å²) in [4.78, 5) is 73.2. The number of H-pyrrole nitrogens is 1. The van der Waals surface area contributed by atoms with Gasteiger partial charge in [-0.05, 0) is 83.6 Å². The van der Waals surface area contributed by atoms with Gasteiger partial charge >= 0.3 is 11.8 Å². The highest BCUT2D eigenvalue weighted by Crippen LogP contribution is 2.33. The van der Waals surface area contributed by atoms with Gasteiger partial charge in [-0.1, -0.05) is 62.3 Å². The minimum Gasteiger partial charge on any atom is -0.369 e. The summed E-state index contributed by atoms with van der Waals surface area (Å²) in [6.45, 7) is 12.1. The Morgan fingerprint density at radius 2 is 1.59 bits per heavy atom. The second kappa shape index (κ2) is 15.6. The van der Waals surface area contributed by atoms with Crippen LogP contribution in [0.1, 0.15) is 87.5 Å². The molecule has 3 aliphatic rings. The largest absolute Gasteiger partial charge is 0.369 e. The lowest BCUT2D eigenvalue weighted by molar-refractivity contribution is -0.136. The number of aromatic nitrogens is 4. The molecule has 0 radical (unpaired) electrons. The number of piperazine rings is 1. The van der Waals surface area contributed by atoms with Crippen molar-refractivity contribution in [1.29, 1.82) is 0 Å². The van der Waals surface area contributed by atoms with Crippen molar-refractivity contribution in [2.24, 2.45) is 0 Å². The van der Waals surface area contributed by atoms with Crippen LogP contribution in [0.3, 0.4) is 0 Å². The Balaban J connectivity index is 0.813. The smallest absolute Gasteiger partial charge is 0.315 e. The summed E-state index contributed by atoms with van der Waals surface area (Å²) in [5.74, 6) is -1.99. The van der Waals surface area contributed by atoms with Gasteiger partial charge in [0, 0.05) is 67.7 Å². The molecule has 5 heterocycles. The fraction of sp³-hybridized carbons (Fsp3) is 0.304. The fourth-order valence-electron chi connectivity index (χ4n) is 8.23. The molecule has 61 heavy (non-hydrogen) atoms. The molecule has 3 N–H and O–H groups in total. The quantitative estimate of drug-likeness (QED) is 0.156. The number of carbonyl (C=O) groups excluding carboxylic acids is 5. The molecule has 2 aromatic heterocycles. The fourth-order valence-corrected chi connectivity index (χ4v) is 8.23. The van der Waals surface area contributed by atoms with Crippen LogP contribution in [0.25, 0.3) is 33.3 Å². The first-order chi connectivity index (χ1) is 29.3. The van der Waals surface area contributed by atoms with E-state index >= 15 is 0 Å². The van der Waals surface area contributed by atoms with Gasteiger partial charge < -0.3 is 14.7 Å². The number of anilines is 1. The van der Waals surface area contributed by atoms with Gasteiger partial charge in [0.05, 0.1) is 22.3 Å². The molecule has 2 saturated heterocycles. The van der Waals surface area contributed by atoms with Gasteiger partial charge in [-0.15, -0.1) is 0 Å². The average Bonchev–Trinajstić information content (AvgIpc) is 3.98. The monoisotopic (exact) mass is 819 g/mol. The Morgan fingerprint density at radius 3 is 2.31 bits per heavy atom. The molecule has 15 nitrogen and oxygen atoms in total. The van der Waals surface area contributed by atoms with Gasteiger partial charge in [0.15, 0.2) is 5.82 Å². The molecule has 1 unspecified atom stereocenters. The van der Waals surface area contributed by atoms with Crippen molar-refractivity contribution in [3.63, 3.8) is 0 Å². The third-order valence-corrected chi connectivity index (χ3v) is 11.8. The van der Waals surface area contributed by atoms with Crippen molar-refractivity contribution >= 4 is 46.1 Å². The van der Waals surface area contributed by atoms with E-state index in [0.717, 1.165) is 86.7 Å². The van der Waals surface area contributed by atoms with Gasteiger partial charge in [0.2, 0.25) is 11.8 Å². The maximum Gasteiger partial charge on any atom is 0.315 e. The lowest BCUT2D eigenvalue weighted by Crippen LogP contribution is -2.54. The Bertz CT molecular complexity index is 2740. The predicted molar refractivity (Wildman–Crippen MR) is 226 cm³/mol. The van der Waals surface area contributed by atoms with Crippen LogP contribution in [-0.4, -0.2) is 91.9 Å². The summed E-state index contributed by atoms with van der Waals surface area (Å²) < 4.78 is 5.19. The normalized spacial score (nSPS) is 17.3. The summed E-state index contributed by atoms with van der Waals surface area (Å²) in [5, 5.41) is 17.9. The topological polar surface area (TPSA) is 187 Å². The molecule has 0 spiro atoms. The standard InChI is InChI=1S/C46H45N9O6/c1-26-21-30(6-7-31(26)24-47-41(58)42-49-45(52-61-42)46(2,3)4)39-35-23-29(10-14-36(35)50-51-39)28-8-11-32(12-9-28)54-19-17-53(18-20-54)25-27-5-13-33-34(22-27)44(60)55(43(33)59)37-15-16-38(56)48-40(37)57/h5-14,21-23,37H,15-20,24-25H2,1-4H3,(H,47,58)(H,50,51)(H,48,56,57). The Labute approximate surface area is 351 Å². The zero-order chi connectivity index (χ0) is 42.6. The minimum atomic E-state index is -0.980. The number of piperidine rings is 1. The number of fused-ring (bicyclic) bond motifs is 2. The van der Waals surface area contributed by atoms with Crippen LogP contribution >= 0.6 is 0 Å². The van der Waals surface area contributed by atoms with Crippen molar-refractivity contribution in [2.45, 2.75) is 65.1 Å². The van der Waals surface area contributed by atoms with E-state index < -0.39 is 35.6 Å². The highest BCUT2D eigenvalue weighted by molar-refractivity contribution is 6.23. The van der Waals surface area contributed by atoms with Crippen LogP contribution in [0.4, 0.5) is 5.69 Å². The van der Waals surface area contributed by atoms with Gasteiger partial charge in [0.1, 0.15) is 6.04 Å². The number of hydrogen-bond donors (Lipinski definition) is 3. The van der Waals surface area contributed by atoms with E-state index in [1.165, 1.54) is 0 Å². The molecule has 15 heteroatoms. The Hall–Kier alpha value is -7.00. The zero-order valence-electron chi connectivity index (χ0n) is 34.4. The zero-order valence-corrected chi connectivity index (χ0v) is 34.4. The number of rotatable bonds is 9. The van der Waals surface area contributed by atoms with Crippen LogP contribution in [0.15, 0.2) is 83.4 Å². The van der Waals surface area contributed by atoms with E-state index in [-0.39, 0.29) is 29.7 Å². The SMILES string of the molecule is Cc1cc(-c2n[nH]c3ccc(-c4ccc(N5CCN(Cc6ccc7c(c6)C(=O)N(C6CCC(=O)NC6=O)C7=O)CC5)cc4)cc23)ccc1CNC(=O)c1nc(C(C)(C)C)no1. The summed E-state index contributed by atoms with van der Waals surface area (Å²) in [6, 6.07) is 25.3. The van der Waals surface area contributed by atoms with Gasteiger partial charge in [-0.2, -0.15) is 10.1 Å². The van der Waals surface area contributed by atoms with E-state index in [1.54, 1.807) is 12.1 Å². The number of aromatic amines is 1. The van der Waals surface area contributed by atoms with Crippen molar-refractivity contribution in [2.75, 3.05) is 31.1 Å². The molecule has 4 aromatic carbocycles. The van der Waals surface area contributed by atoms with Crippen molar-refractivity contribution in [1.82, 2.24) is 40.8 Å². The van der Waals surface area contributed by atoms with E-state index in [2.05, 4.69) is 89.3 Å². The molecule has 0 aliphatic carbocycles. The third kappa shape index (κ3) is 7.68. The molecule has 6 aromatic rings. The average molecular weight is 820 g/mol. The van der Waals surface area contributed by atoms with Crippen molar-refractivity contribution < 1.29 is 28.5 Å². The van der Waals surface area contributed by atoms with E-state index in [4.69, 9.17) is 4.52 Å². The Morgan fingerprint density at radius 1 is 0.852 bits per heavy atom. The molecular weight excluding hydrogens is 775 g/mol. The molecule has 1 atom stereocenters. The number of carbonyl (C=O) groups is 5. The number of hydrogen-bond acceptors (Lipinski definition) is 11. The molecular formula is C46H45N9O6. The van der Waals surface area contributed by atoms with Crippen LogP contribution in [-0.2, 0) is 28.1 Å². The number of nitrogens with one attached hydrogen (secondary N) is 3. The molecule has 0 saturated carbocycles. The van der Waals surface area contributed by atoms with E-state index in [0.29, 0.717) is 24.5 Å². The second-order valence-electron chi connectivity index (χ2n) is 17.0. The van der Waals surface area contributed by atoms with Crippen molar-refractivity contribution in [3.05, 3.63) is 118 Å². The van der Waals surface area contributed by atoms with E-state index in [1.807, 2.05) is 45.9 Å². The molecule has 2 fully saturated rings. The first-order valence-corrected chi connectivity index (χ1v) is 20.4. The van der Waals surface area contributed by atoms with Crippen LogP contribution in [0.2, 0.25) is 0 Å². The van der Waals surface area contributed by atoms with Crippen LogP contribution in [0, 0.1) is 6.92 Å². The van der Waals surface area contributed by atoms with Crippen LogP contribution < -0.4 is 15.5 Å². The first-order valence-electron chi connectivity index (χ1n) is 20.4. The van der Waals surface area contributed by atoms with Gasteiger partial charge in [0.25, 0.3) is 11.8 Å². The number of benzene rings is 4. The summed E-state index contributed by atoms with van der Waals surface area (Å²) in [5.41, 5.74) is 9.23. The lowest BCUT2D eigenvalue weighted by atomic mass is 9.96. The number of nitrogens with zero attached hydrogens (tertiary/aromatic N) is 6. The molecule has 5 amide bonds. The number of imide groups is 2. The molecule has 310 valence electrons. The maximum absolute atomic E-state index is 13.3. The Kier molecular flexibility index (Phi) is 10.1. The molecule has 9 rings (SSSR count). The predicted octanol–water partition coefficient (Wildman–Crippen LogP) is 5.54. The summed E-state index contributed by atoms with van der Waals surface area (Å²) >= 11 is 0. The van der Waals surface area contributed by atoms with Gasteiger partial charge in [-0.25, -0.2) is 0 Å². The maximum atomic E-state index is 13.3. The summed E-state index contributed by atoms with van der Waals surface area (Å²) in [6.07, 6.45) is 0.216. The molecule has 3 aliphatic heterocycles. The lowest BCUT2D eigenvalue weighted by Gasteiger charge is -2.36. The first kappa shape index (κ1) is 39.5. The summed E-state index contributed by atoms with van der Waals surface area (Å²) in [7, 11) is 0. The molecule has 0 bridgehead atoms. The third-order valence-electron chi connectivity index (χ3n) is 11.8. The minimum absolute atomic E-state index is 0.0544. The number of aryl methyl sites for hydroxylation is 1. The van der Waals surface area contributed by atoms with Gasteiger partial charge in [-0.3, -0.25) is 44.2 Å². The highest BCUT2D eigenvalue weighted by atomic mass is 16.5. The number of amides is 5. The highest BCUT2D eigenvalue weighted by Gasteiger charge is 2.44. The van der Waals surface area contributed by atoms with Crippen LogP contribution in [0.5, 0.6) is 0 Å². The van der Waals surface area contributed by atoms with E-state index in [9.17, 15) is 24.0 Å². The van der Waals surface area contributed by atoms with Crippen molar-refractivity contribution in [3.8, 4) is 22.4 Å².